The number of nitrogens with one attached hydrogen (secondary N) is 2. The number of carboxylic acids is 1. The van der Waals surface area contributed by atoms with Crippen molar-refractivity contribution in [1.82, 2.24) is 5.32 Å². The highest BCUT2D eigenvalue weighted by Gasteiger charge is 2.04. The maximum Gasteiger partial charge on any atom is 0.171 e. The highest BCUT2D eigenvalue weighted by Crippen LogP contribution is 2.16. The molecule has 0 bridgehead atoms. The lowest BCUT2D eigenvalue weighted by molar-refractivity contribution is -0.255. The van der Waals surface area contributed by atoms with Crippen LogP contribution in [-0.4, -0.2) is 11.1 Å². The first-order chi connectivity index (χ1) is 10.5. The third kappa shape index (κ3) is 4.30. The van der Waals surface area contributed by atoms with Gasteiger partial charge in [-0.1, -0.05) is 42.0 Å². The Morgan fingerprint density at radius 2 is 1.82 bits per heavy atom. The van der Waals surface area contributed by atoms with Crippen molar-refractivity contribution in [3.63, 3.8) is 0 Å². The molecular weight excluding hydrogens is 296 g/mol. The molecular formula is C17H17N2O2S-. The Morgan fingerprint density at radius 3 is 2.45 bits per heavy atom. The van der Waals surface area contributed by atoms with Gasteiger partial charge in [-0.2, -0.15) is 0 Å². The minimum absolute atomic E-state index is 0.120. The Morgan fingerprint density at radius 1 is 1.14 bits per heavy atom. The molecule has 0 amide bonds. The first-order valence-corrected chi connectivity index (χ1v) is 7.29. The second kappa shape index (κ2) is 7.04. The summed E-state index contributed by atoms with van der Waals surface area (Å²) in [7, 11) is 0. The van der Waals surface area contributed by atoms with Gasteiger partial charge in [0.15, 0.2) is 5.11 Å². The van der Waals surface area contributed by atoms with Crippen molar-refractivity contribution >= 4 is 29.0 Å². The van der Waals surface area contributed by atoms with Gasteiger partial charge < -0.3 is 20.5 Å². The van der Waals surface area contributed by atoms with Gasteiger partial charge in [0.1, 0.15) is 0 Å². The average molecular weight is 313 g/mol. The molecule has 4 nitrogen and oxygen atoms in total. The summed E-state index contributed by atoms with van der Waals surface area (Å²) in [6, 6.07) is 12.9. The predicted octanol–water partition coefficient (Wildman–Crippen LogP) is 2.15. The van der Waals surface area contributed by atoms with Crippen LogP contribution in [0.4, 0.5) is 5.69 Å². The number of aromatic carboxylic acids is 1. The molecule has 2 aromatic carbocycles. The lowest BCUT2D eigenvalue weighted by Gasteiger charge is -2.14. The number of benzene rings is 2. The third-order valence-corrected chi connectivity index (χ3v) is 3.54. The van der Waals surface area contributed by atoms with Gasteiger partial charge in [-0.3, -0.25) is 0 Å². The highest BCUT2D eigenvalue weighted by atomic mass is 32.1. The second-order valence-electron chi connectivity index (χ2n) is 5.11. The molecule has 0 fully saturated rings. The number of anilines is 1. The smallest absolute Gasteiger partial charge is 0.171 e. The van der Waals surface area contributed by atoms with Crippen LogP contribution in [0.2, 0.25) is 0 Å². The molecule has 0 aliphatic carbocycles. The van der Waals surface area contributed by atoms with Crippen molar-refractivity contribution < 1.29 is 9.90 Å². The Balaban J connectivity index is 1.98. The maximum atomic E-state index is 10.9. The quantitative estimate of drug-likeness (QED) is 0.847. The van der Waals surface area contributed by atoms with Crippen molar-refractivity contribution in [2.24, 2.45) is 0 Å². The Hall–Kier alpha value is -2.40. The SMILES string of the molecule is Cc1ccc(CNC(=S)Nc2cc(C(=O)[O-])ccc2C)cc1. The summed E-state index contributed by atoms with van der Waals surface area (Å²) in [6.45, 7) is 4.52. The van der Waals surface area contributed by atoms with E-state index >= 15 is 0 Å². The predicted molar refractivity (Wildman–Crippen MR) is 89.7 cm³/mol. The van der Waals surface area contributed by atoms with E-state index in [2.05, 4.69) is 10.6 Å². The molecule has 0 aromatic heterocycles. The molecule has 2 rings (SSSR count). The molecule has 5 heteroatoms. The minimum Gasteiger partial charge on any atom is -0.545 e. The summed E-state index contributed by atoms with van der Waals surface area (Å²) in [6.07, 6.45) is 0. The summed E-state index contributed by atoms with van der Waals surface area (Å²) in [4.78, 5) is 10.9. The lowest BCUT2D eigenvalue weighted by atomic mass is 10.1. The Labute approximate surface area is 135 Å². The molecule has 0 atom stereocenters. The number of carbonyl (C=O) groups excluding carboxylic acids is 1. The summed E-state index contributed by atoms with van der Waals surface area (Å²) < 4.78 is 0. The molecule has 0 spiro atoms. The zero-order valence-electron chi connectivity index (χ0n) is 12.5. The fraction of sp³-hybridized carbons (Fsp3) is 0.176. The van der Waals surface area contributed by atoms with E-state index in [0.717, 1.165) is 11.1 Å². The standard InChI is InChI=1S/C17H18N2O2S/c1-11-3-6-13(7-4-11)10-18-17(22)19-15-9-14(16(20)21)8-5-12(15)2/h3-9H,10H2,1-2H3,(H,20,21)(H2,18,19,22)/p-1. The van der Waals surface area contributed by atoms with Crippen molar-refractivity contribution in [2.75, 3.05) is 5.32 Å². The van der Waals surface area contributed by atoms with Crippen LogP contribution in [0.3, 0.4) is 0 Å². The summed E-state index contributed by atoms with van der Waals surface area (Å²) in [5, 5.41) is 17.5. The maximum absolute atomic E-state index is 10.9. The van der Waals surface area contributed by atoms with Gasteiger partial charge in [-0.15, -0.1) is 0 Å². The zero-order valence-corrected chi connectivity index (χ0v) is 13.3. The van der Waals surface area contributed by atoms with Crippen molar-refractivity contribution in [3.8, 4) is 0 Å². The summed E-state index contributed by atoms with van der Waals surface area (Å²) in [5.41, 5.74) is 4.01. The fourth-order valence-electron chi connectivity index (χ4n) is 1.94. The van der Waals surface area contributed by atoms with Gasteiger partial charge in [0, 0.05) is 12.2 Å². The van der Waals surface area contributed by atoms with Crippen LogP contribution in [0.15, 0.2) is 42.5 Å². The average Bonchev–Trinajstić information content (AvgIpc) is 2.48. The largest absolute Gasteiger partial charge is 0.545 e. The second-order valence-corrected chi connectivity index (χ2v) is 5.52. The molecule has 0 saturated carbocycles. The van der Waals surface area contributed by atoms with E-state index in [1.807, 2.05) is 38.1 Å². The fourth-order valence-corrected chi connectivity index (χ4v) is 2.12. The first-order valence-electron chi connectivity index (χ1n) is 6.88. The molecule has 0 aliphatic rings. The molecule has 0 radical (unpaired) electrons. The van der Waals surface area contributed by atoms with Crippen LogP contribution in [0.25, 0.3) is 0 Å². The van der Waals surface area contributed by atoms with Gasteiger partial charge in [-0.05, 0) is 48.8 Å². The van der Waals surface area contributed by atoms with Gasteiger partial charge in [0.2, 0.25) is 0 Å². The molecule has 2 N–H and O–H groups in total. The topological polar surface area (TPSA) is 64.2 Å². The van der Waals surface area contributed by atoms with E-state index in [4.69, 9.17) is 12.2 Å². The number of carbonyl (C=O) groups is 1. The number of aryl methyl sites for hydroxylation is 2. The lowest BCUT2D eigenvalue weighted by Crippen LogP contribution is -2.28. The van der Waals surface area contributed by atoms with Crippen LogP contribution in [-0.2, 0) is 6.54 Å². The van der Waals surface area contributed by atoms with E-state index in [1.165, 1.54) is 17.7 Å². The third-order valence-electron chi connectivity index (χ3n) is 3.30. The van der Waals surface area contributed by atoms with Crippen LogP contribution in [0.5, 0.6) is 0 Å². The first kappa shape index (κ1) is 16.0. The van der Waals surface area contributed by atoms with Gasteiger partial charge >= 0.3 is 0 Å². The molecule has 22 heavy (non-hydrogen) atoms. The van der Waals surface area contributed by atoms with Crippen molar-refractivity contribution in [2.45, 2.75) is 20.4 Å². The molecule has 0 aliphatic heterocycles. The van der Waals surface area contributed by atoms with Crippen LogP contribution in [0, 0.1) is 13.8 Å². The van der Waals surface area contributed by atoms with E-state index in [0.29, 0.717) is 17.3 Å². The van der Waals surface area contributed by atoms with Gasteiger partial charge in [0.25, 0.3) is 0 Å². The summed E-state index contributed by atoms with van der Waals surface area (Å²) >= 11 is 5.24. The van der Waals surface area contributed by atoms with Crippen molar-refractivity contribution in [1.29, 1.82) is 0 Å². The molecule has 2 aromatic rings. The van der Waals surface area contributed by atoms with E-state index in [1.54, 1.807) is 6.07 Å². The number of thiocarbonyl (C=S) groups is 1. The molecule has 114 valence electrons. The summed E-state index contributed by atoms with van der Waals surface area (Å²) in [5.74, 6) is -1.21. The monoisotopic (exact) mass is 313 g/mol. The number of carboxylic acid groups (broad SMARTS) is 1. The molecule has 0 unspecified atom stereocenters. The molecule has 0 saturated heterocycles. The number of hydrogen-bond donors (Lipinski definition) is 2. The Kier molecular flexibility index (Phi) is 5.12. The minimum atomic E-state index is -1.21. The van der Waals surface area contributed by atoms with Crippen LogP contribution < -0.4 is 15.7 Å². The normalized spacial score (nSPS) is 10.1. The van der Waals surface area contributed by atoms with E-state index in [-0.39, 0.29) is 5.56 Å². The van der Waals surface area contributed by atoms with E-state index < -0.39 is 5.97 Å². The van der Waals surface area contributed by atoms with E-state index in [9.17, 15) is 9.90 Å². The Bertz CT molecular complexity index is 696. The molecule has 0 heterocycles. The zero-order chi connectivity index (χ0) is 16.1. The van der Waals surface area contributed by atoms with Crippen LogP contribution in [0.1, 0.15) is 27.0 Å². The number of rotatable bonds is 4. The highest BCUT2D eigenvalue weighted by molar-refractivity contribution is 7.80. The van der Waals surface area contributed by atoms with Gasteiger partial charge in [-0.25, -0.2) is 0 Å². The van der Waals surface area contributed by atoms with Gasteiger partial charge in [0.05, 0.1) is 5.97 Å². The van der Waals surface area contributed by atoms with Crippen LogP contribution >= 0.6 is 12.2 Å². The number of hydrogen-bond acceptors (Lipinski definition) is 3. The van der Waals surface area contributed by atoms with Crippen molar-refractivity contribution in [3.05, 3.63) is 64.7 Å².